The number of rotatable bonds is 15. The fraction of sp³-hybridized carbons (Fsp3) is 0.241. The minimum Gasteiger partial charge on any atom is -0.290 e. The molecule has 0 radical (unpaired) electrons. The molecule has 0 amide bonds. The summed E-state index contributed by atoms with van der Waals surface area (Å²) in [5, 5.41) is 2.20. The molecule has 6 nitrogen and oxygen atoms in total. The largest absolute Gasteiger partial charge is 0.373 e. The van der Waals surface area contributed by atoms with Gasteiger partial charge in [0.1, 0.15) is 16.1 Å². The monoisotopic (exact) mass is 536 g/mol. The van der Waals surface area contributed by atoms with Crippen LogP contribution < -0.4 is 10.4 Å². The molecule has 0 aliphatic rings. The standard InChI is InChI=1S/C29H36O6Si2/c1-8-27(32-34-28(30)23-15-19-25(20-16-23)36(9-2,10-3)11-4)33-35-29(31)24-17-21-26(22-18-24)37(12-5,13-6)14-7/h9-10,12-13,15-22,27H,2-3,5-6,8,11,14H2,1,4,7H3. The van der Waals surface area contributed by atoms with Gasteiger partial charge < -0.3 is 0 Å². The van der Waals surface area contributed by atoms with E-state index in [0.29, 0.717) is 11.1 Å². The molecule has 0 N–H and O–H groups in total. The number of benzene rings is 2. The van der Waals surface area contributed by atoms with Crippen LogP contribution in [0.3, 0.4) is 0 Å². The van der Waals surface area contributed by atoms with E-state index in [2.05, 4.69) is 40.2 Å². The number of carbonyl (C=O) groups excluding carboxylic acids is 2. The van der Waals surface area contributed by atoms with E-state index < -0.39 is 34.4 Å². The zero-order valence-electron chi connectivity index (χ0n) is 21.9. The van der Waals surface area contributed by atoms with E-state index in [-0.39, 0.29) is 6.42 Å². The van der Waals surface area contributed by atoms with Gasteiger partial charge in [0, 0.05) is 6.42 Å². The Bertz CT molecular complexity index is 1000. The fourth-order valence-electron chi connectivity index (χ4n) is 3.90. The van der Waals surface area contributed by atoms with Gasteiger partial charge in [-0.05, 0) is 36.4 Å². The maximum absolute atomic E-state index is 12.4. The first-order valence-electron chi connectivity index (χ1n) is 12.3. The van der Waals surface area contributed by atoms with Crippen LogP contribution in [0.1, 0.15) is 47.9 Å². The molecule has 2 aromatic rings. The molecule has 8 heteroatoms. The third-order valence-corrected chi connectivity index (χ3v) is 14.8. The third kappa shape index (κ3) is 6.92. The van der Waals surface area contributed by atoms with Crippen molar-refractivity contribution in [2.45, 2.75) is 45.6 Å². The second-order valence-corrected chi connectivity index (χ2v) is 16.9. The van der Waals surface area contributed by atoms with Crippen molar-refractivity contribution in [1.82, 2.24) is 0 Å². The molecule has 0 fully saturated rings. The second-order valence-electron chi connectivity index (χ2n) is 8.53. The van der Waals surface area contributed by atoms with E-state index in [0.717, 1.165) is 22.5 Å². The highest BCUT2D eigenvalue weighted by Crippen LogP contribution is 2.16. The van der Waals surface area contributed by atoms with Crippen LogP contribution in [0.5, 0.6) is 0 Å². The van der Waals surface area contributed by atoms with Crippen LogP contribution in [0.25, 0.3) is 0 Å². The predicted molar refractivity (Wildman–Crippen MR) is 152 cm³/mol. The summed E-state index contributed by atoms with van der Waals surface area (Å²) in [5.74, 6) is -1.38. The molecule has 0 heterocycles. The van der Waals surface area contributed by atoms with Crippen molar-refractivity contribution in [3.63, 3.8) is 0 Å². The van der Waals surface area contributed by atoms with Crippen molar-refractivity contribution in [3.8, 4) is 0 Å². The van der Waals surface area contributed by atoms with Crippen molar-refractivity contribution < 1.29 is 29.1 Å². The normalized spacial score (nSPS) is 11.5. The summed E-state index contributed by atoms with van der Waals surface area (Å²) >= 11 is 0. The molecular weight excluding hydrogens is 500 g/mol. The SMILES string of the molecule is C=C[Si](C=C)(CC)c1ccc(C(=O)OOC(CC)OOC(=O)c2ccc([Si](C=C)(C=C)CC)cc2)cc1. The molecule has 0 spiro atoms. The van der Waals surface area contributed by atoms with Gasteiger partial charge in [-0.3, -0.25) is 9.78 Å². The summed E-state index contributed by atoms with van der Waals surface area (Å²) in [6, 6.07) is 16.1. The molecule has 0 saturated carbocycles. The first-order chi connectivity index (χ1) is 17.8. The Morgan fingerprint density at radius 1 is 0.676 bits per heavy atom. The van der Waals surface area contributed by atoms with Gasteiger partial charge in [-0.15, -0.1) is 36.1 Å². The number of hydrogen-bond acceptors (Lipinski definition) is 6. The van der Waals surface area contributed by atoms with Crippen LogP contribution in [0, 0.1) is 0 Å². The van der Waals surface area contributed by atoms with Crippen molar-refractivity contribution in [1.29, 1.82) is 0 Å². The molecule has 37 heavy (non-hydrogen) atoms. The average molecular weight is 537 g/mol. The fourth-order valence-corrected chi connectivity index (χ4v) is 8.72. The molecule has 0 saturated heterocycles. The van der Waals surface area contributed by atoms with Gasteiger partial charge in [-0.1, -0.05) is 78.2 Å². The molecule has 0 bridgehead atoms. The first-order valence-corrected chi connectivity index (χ1v) is 17.0. The van der Waals surface area contributed by atoms with Crippen molar-refractivity contribution in [2.24, 2.45) is 0 Å². The molecule has 0 aliphatic carbocycles. The van der Waals surface area contributed by atoms with E-state index in [1.807, 2.05) is 47.1 Å². The second kappa shape index (κ2) is 13.9. The lowest BCUT2D eigenvalue weighted by Gasteiger charge is -2.23. The highest BCUT2D eigenvalue weighted by molar-refractivity contribution is 7.00. The third-order valence-electron chi connectivity index (χ3n) is 6.74. The summed E-state index contributed by atoms with van der Waals surface area (Å²) in [4.78, 5) is 44.8. The van der Waals surface area contributed by atoms with E-state index in [1.54, 1.807) is 31.2 Å². The zero-order valence-corrected chi connectivity index (χ0v) is 23.9. The van der Waals surface area contributed by atoms with Crippen LogP contribution in [0.2, 0.25) is 12.1 Å². The number of hydrogen-bond donors (Lipinski definition) is 0. The van der Waals surface area contributed by atoms with Gasteiger partial charge in [0.15, 0.2) is 0 Å². The molecule has 0 atom stereocenters. The summed E-state index contributed by atoms with van der Waals surface area (Å²) in [7, 11) is -3.99. The first kappa shape index (κ1) is 29.9. The van der Waals surface area contributed by atoms with E-state index in [1.165, 1.54) is 0 Å². The maximum atomic E-state index is 12.4. The molecule has 2 aromatic carbocycles. The van der Waals surface area contributed by atoms with E-state index in [4.69, 9.17) is 19.6 Å². The molecular formula is C29H36O6Si2. The zero-order chi connectivity index (χ0) is 27.5. The Kier molecular flexibility index (Phi) is 11.2. The smallest absolute Gasteiger partial charge is 0.290 e. The average Bonchev–Trinajstić information content (AvgIpc) is 2.96. The van der Waals surface area contributed by atoms with Gasteiger partial charge in [-0.2, -0.15) is 0 Å². The van der Waals surface area contributed by atoms with Gasteiger partial charge in [0.05, 0.1) is 11.1 Å². The Morgan fingerprint density at radius 2 is 1.00 bits per heavy atom. The summed E-state index contributed by atoms with van der Waals surface area (Å²) in [5.41, 5.74) is 8.51. The van der Waals surface area contributed by atoms with Crippen LogP contribution in [-0.2, 0) is 19.6 Å². The molecule has 2 rings (SSSR count). The van der Waals surface area contributed by atoms with Gasteiger partial charge in [-0.25, -0.2) is 9.59 Å². The van der Waals surface area contributed by atoms with Crippen LogP contribution in [0.15, 0.2) is 97.6 Å². The topological polar surface area (TPSA) is 71.1 Å². The number of carbonyl (C=O) groups is 2. The Balaban J connectivity index is 1.94. The minimum atomic E-state index is -1.99. The molecule has 196 valence electrons. The lowest BCUT2D eigenvalue weighted by molar-refractivity contribution is -0.420. The summed E-state index contributed by atoms with van der Waals surface area (Å²) < 4.78 is 0. The van der Waals surface area contributed by atoms with Crippen LogP contribution >= 0.6 is 0 Å². The van der Waals surface area contributed by atoms with Gasteiger partial charge >= 0.3 is 11.9 Å². The van der Waals surface area contributed by atoms with Crippen LogP contribution in [0.4, 0.5) is 0 Å². The highest BCUT2D eigenvalue weighted by atomic mass is 28.3. The Morgan fingerprint density at radius 3 is 1.24 bits per heavy atom. The van der Waals surface area contributed by atoms with Crippen molar-refractivity contribution in [2.75, 3.05) is 0 Å². The van der Waals surface area contributed by atoms with Gasteiger partial charge in [0.25, 0.3) is 0 Å². The summed E-state index contributed by atoms with van der Waals surface area (Å²) in [6.07, 6.45) is -0.819. The van der Waals surface area contributed by atoms with Crippen molar-refractivity contribution in [3.05, 3.63) is 109 Å². The predicted octanol–water partition coefficient (Wildman–Crippen LogP) is 5.55. The highest BCUT2D eigenvalue weighted by Gasteiger charge is 2.27. The van der Waals surface area contributed by atoms with Crippen molar-refractivity contribution >= 4 is 38.5 Å². The van der Waals surface area contributed by atoms with E-state index in [9.17, 15) is 9.59 Å². The molecule has 0 aliphatic heterocycles. The van der Waals surface area contributed by atoms with E-state index >= 15 is 0 Å². The summed E-state index contributed by atoms with van der Waals surface area (Å²) in [6.45, 7) is 21.8. The minimum absolute atomic E-state index is 0.269. The quantitative estimate of drug-likeness (QED) is 0.129. The molecule has 0 unspecified atom stereocenters. The maximum Gasteiger partial charge on any atom is 0.373 e. The van der Waals surface area contributed by atoms with Crippen LogP contribution in [-0.4, -0.2) is 34.4 Å². The Hall–Kier alpha value is -3.31. The Labute approximate surface area is 221 Å². The molecule has 0 aromatic heterocycles. The lowest BCUT2D eigenvalue weighted by Crippen LogP contribution is -2.43. The lowest BCUT2D eigenvalue weighted by atomic mass is 10.2. The van der Waals surface area contributed by atoms with Gasteiger partial charge in [0.2, 0.25) is 6.29 Å².